The third kappa shape index (κ3) is 2.12. The van der Waals surface area contributed by atoms with Crippen molar-refractivity contribution in [2.24, 2.45) is 5.73 Å². The second-order valence-corrected chi connectivity index (χ2v) is 2.84. The number of alkyl halides is 2. The lowest BCUT2D eigenvalue weighted by molar-refractivity contribution is 0.0676. The number of aromatic carboxylic acids is 1. The third-order valence-corrected chi connectivity index (χ3v) is 1.88. The van der Waals surface area contributed by atoms with Gasteiger partial charge in [-0.3, -0.25) is 0 Å². The van der Waals surface area contributed by atoms with Crippen LogP contribution in [-0.2, 0) is 6.54 Å². The summed E-state index contributed by atoms with van der Waals surface area (Å²) < 4.78 is 25.0. The minimum atomic E-state index is -3.00. The molecule has 0 saturated heterocycles. The minimum absolute atomic E-state index is 0.00991. The molecular formula is C9H7F2N3O2. The summed E-state index contributed by atoms with van der Waals surface area (Å²) in [6, 6.07) is 2.45. The van der Waals surface area contributed by atoms with E-state index < -0.39 is 23.7 Å². The monoisotopic (exact) mass is 227 g/mol. The van der Waals surface area contributed by atoms with Crippen LogP contribution >= 0.6 is 0 Å². The maximum Gasteiger partial charge on any atom is 0.355 e. The molecule has 0 radical (unpaired) electrons. The van der Waals surface area contributed by atoms with Crippen LogP contribution in [0.5, 0.6) is 0 Å². The van der Waals surface area contributed by atoms with E-state index in [1.807, 2.05) is 0 Å². The van der Waals surface area contributed by atoms with Gasteiger partial charge in [0.15, 0.2) is 5.69 Å². The van der Waals surface area contributed by atoms with Gasteiger partial charge in [-0.2, -0.15) is 5.26 Å². The lowest BCUT2D eigenvalue weighted by Crippen LogP contribution is -2.12. The maximum atomic E-state index is 12.5. The molecule has 0 unspecified atom stereocenters. The van der Waals surface area contributed by atoms with Crippen molar-refractivity contribution in [3.8, 4) is 6.07 Å². The summed E-state index contributed by atoms with van der Waals surface area (Å²) in [4.78, 5) is 14.1. The Morgan fingerprint density at radius 2 is 2.31 bits per heavy atom. The van der Waals surface area contributed by atoms with Gasteiger partial charge in [-0.1, -0.05) is 0 Å². The van der Waals surface area contributed by atoms with E-state index in [9.17, 15) is 13.6 Å². The van der Waals surface area contributed by atoms with Crippen LogP contribution in [0.15, 0.2) is 6.07 Å². The minimum Gasteiger partial charge on any atom is -0.476 e. The van der Waals surface area contributed by atoms with Crippen molar-refractivity contribution in [1.29, 1.82) is 5.26 Å². The van der Waals surface area contributed by atoms with Crippen LogP contribution in [0.3, 0.4) is 0 Å². The molecule has 0 fully saturated rings. The predicted molar refractivity (Wildman–Crippen MR) is 48.8 cm³/mol. The fraction of sp³-hybridized carbons (Fsp3) is 0.222. The van der Waals surface area contributed by atoms with Gasteiger partial charge in [0.1, 0.15) is 6.07 Å². The van der Waals surface area contributed by atoms with Crippen LogP contribution < -0.4 is 5.73 Å². The van der Waals surface area contributed by atoms with E-state index in [4.69, 9.17) is 16.1 Å². The van der Waals surface area contributed by atoms with Crippen molar-refractivity contribution in [2.45, 2.75) is 13.0 Å². The van der Waals surface area contributed by atoms with Crippen LogP contribution in [0.2, 0.25) is 0 Å². The number of hydrogen-bond acceptors (Lipinski definition) is 4. The molecule has 1 aromatic heterocycles. The summed E-state index contributed by atoms with van der Waals surface area (Å²) in [5.74, 6) is -1.57. The average molecular weight is 227 g/mol. The number of carbonyl (C=O) groups is 1. The Labute approximate surface area is 89.1 Å². The van der Waals surface area contributed by atoms with Gasteiger partial charge in [-0.15, -0.1) is 0 Å². The highest BCUT2D eigenvalue weighted by Gasteiger charge is 2.22. The molecule has 0 atom stereocenters. The van der Waals surface area contributed by atoms with Gasteiger partial charge in [0.25, 0.3) is 6.43 Å². The Bertz CT molecular complexity index is 469. The number of carboxylic acids is 1. The summed E-state index contributed by atoms with van der Waals surface area (Å²) in [5, 5.41) is 17.3. The first-order valence-electron chi connectivity index (χ1n) is 4.16. The van der Waals surface area contributed by atoms with Crippen molar-refractivity contribution in [3.05, 3.63) is 28.6 Å². The van der Waals surface area contributed by atoms with E-state index in [0.717, 1.165) is 6.07 Å². The number of nitrogens with zero attached hydrogens (tertiary/aromatic N) is 2. The Kier molecular flexibility index (Phi) is 3.48. The molecule has 0 aliphatic heterocycles. The first-order chi connectivity index (χ1) is 7.51. The van der Waals surface area contributed by atoms with E-state index in [-0.39, 0.29) is 17.8 Å². The quantitative estimate of drug-likeness (QED) is 0.803. The topological polar surface area (TPSA) is 100 Å². The molecule has 1 aromatic rings. The second-order valence-electron chi connectivity index (χ2n) is 2.84. The zero-order valence-corrected chi connectivity index (χ0v) is 7.94. The lowest BCUT2D eigenvalue weighted by atomic mass is 10.1. The molecule has 0 aliphatic carbocycles. The summed E-state index contributed by atoms with van der Waals surface area (Å²) in [5.41, 5.74) is 3.54. The molecule has 0 aromatic carbocycles. The van der Waals surface area contributed by atoms with Crippen molar-refractivity contribution in [2.75, 3.05) is 0 Å². The first-order valence-corrected chi connectivity index (χ1v) is 4.16. The number of aromatic nitrogens is 1. The number of rotatable bonds is 3. The van der Waals surface area contributed by atoms with E-state index in [1.165, 1.54) is 0 Å². The van der Waals surface area contributed by atoms with Gasteiger partial charge in [0.05, 0.1) is 16.8 Å². The van der Waals surface area contributed by atoms with Gasteiger partial charge in [-0.25, -0.2) is 18.6 Å². The van der Waals surface area contributed by atoms with E-state index in [2.05, 4.69) is 4.98 Å². The molecular weight excluding hydrogens is 220 g/mol. The molecule has 5 nitrogen and oxygen atoms in total. The molecule has 16 heavy (non-hydrogen) atoms. The van der Waals surface area contributed by atoms with Crippen LogP contribution in [0.4, 0.5) is 8.78 Å². The van der Waals surface area contributed by atoms with Gasteiger partial charge in [-0.05, 0) is 6.07 Å². The van der Waals surface area contributed by atoms with Crippen LogP contribution in [0.25, 0.3) is 0 Å². The molecule has 84 valence electrons. The fourth-order valence-corrected chi connectivity index (χ4v) is 1.16. The summed E-state index contributed by atoms with van der Waals surface area (Å²) in [6.07, 6.45) is -3.00. The number of nitrogens with two attached hydrogens (primary N) is 1. The maximum absolute atomic E-state index is 12.5. The van der Waals surface area contributed by atoms with Crippen LogP contribution in [0, 0.1) is 11.3 Å². The van der Waals surface area contributed by atoms with Crippen molar-refractivity contribution < 1.29 is 18.7 Å². The highest BCUT2D eigenvalue weighted by atomic mass is 19.3. The van der Waals surface area contributed by atoms with E-state index >= 15 is 0 Å². The zero-order valence-electron chi connectivity index (χ0n) is 7.94. The first kappa shape index (κ1) is 12.0. The SMILES string of the molecule is N#Cc1cc(C(F)F)c(C(=O)O)nc1CN. The van der Waals surface area contributed by atoms with E-state index in [1.54, 1.807) is 6.07 Å². The average Bonchev–Trinajstić information content (AvgIpc) is 2.26. The highest BCUT2D eigenvalue weighted by Crippen LogP contribution is 2.24. The number of pyridine rings is 1. The Morgan fingerprint density at radius 3 is 2.69 bits per heavy atom. The van der Waals surface area contributed by atoms with Crippen molar-refractivity contribution in [3.63, 3.8) is 0 Å². The van der Waals surface area contributed by atoms with Gasteiger partial charge in [0.2, 0.25) is 0 Å². The molecule has 1 heterocycles. The molecule has 0 bridgehead atoms. The van der Waals surface area contributed by atoms with Gasteiger partial charge in [0, 0.05) is 6.54 Å². The molecule has 0 amide bonds. The number of hydrogen-bond donors (Lipinski definition) is 2. The molecule has 0 spiro atoms. The Morgan fingerprint density at radius 1 is 1.69 bits per heavy atom. The smallest absolute Gasteiger partial charge is 0.355 e. The number of nitriles is 1. The van der Waals surface area contributed by atoms with Crippen LogP contribution in [0.1, 0.15) is 33.7 Å². The highest BCUT2D eigenvalue weighted by molar-refractivity contribution is 5.87. The largest absolute Gasteiger partial charge is 0.476 e. The van der Waals surface area contributed by atoms with Crippen LogP contribution in [-0.4, -0.2) is 16.1 Å². The Hall–Kier alpha value is -2.07. The van der Waals surface area contributed by atoms with Crippen molar-refractivity contribution >= 4 is 5.97 Å². The van der Waals surface area contributed by atoms with Crippen molar-refractivity contribution in [1.82, 2.24) is 4.98 Å². The Balaban J connectivity index is 3.49. The predicted octanol–water partition coefficient (Wildman–Crippen LogP) is 1.05. The third-order valence-electron chi connectivity index (χ3n) is 1.88. The molecule has 0 saturated carbocycles. The second kappa shape index (κ2) is 4.63. The number of carboxylic acid groups (broad SMARTS) is 1. The fourth-order valence-electron chi connectivity index (χ4n) is 1.16. The molecule has 0 aliphatic rings. The summed E-state index contributed by atoms with van der Waals surface area (Å²) >= 11 is 0. The lowest BCUT2D eigenvalue weighted by Gasteiger charge is -2.07. The standard InChI is InChI=1S/C9H7F2N3O2/c10-8(11)5-1-4(2-12)6(3-13)14-7(5)9(15)16/h1,8H,3,13H2,(H,15,16). The molecule has 1 rings (SSSR count). The number of halogens is 2. The van der Waals surface area contributed by atoms with E-state index in [0.29, 0.717) is 0 Å². The van der Waals surface area contributed by atoms with Gasteiger partial charge < -0.3 is 10.8 Å². The summed E-state index contributed by atoms with van der Waals surface area (Å²) in [7, 11) is 0. The normalized spacial score (nSPS) is 10.2. The molecule has 7 heteroatoms. The van der Waals surface area contributed by atoms with Gasteiger partial charge >= 0.3 is 5.97 Å². The zero-order chi connectivity index (χ0) is 12.3. The summed E-state index contributed by atoms with van der Waals surface area (Å²) in [6.45, 7) is -0.188. The molecule has 3 N–H and O–H groups in total.